The molecule has 3 rings (SSSR count). The first-order chi connectivity index (χ1) is 10.9. The standard InChI is InChI=1S/C19H18O3S.Na/c1-13(2)14-8-10-16-17(11-9-14)19(23(20,21)22)12-18(16)15-6-4-3-5-7-15;/h3-13H,1-2H3,(H,20,21,22);/q;+1/p-1. The Labute approximate surface area is 165 Å². The van der Waals surface area contributed by atoms with Crippen molar-refractivity contribution in [3.8, 4) is 22.3 Å². The molecule has 0 amide bonds. The third-order valence-electron chi connectivity index (χ3n) is 4.03. The molecule has 0 unspecified atom stereocenters. The second kappa shape index (κ2) is 7.38. The Morgan fingerprint density at radius 3 is 1.96 bits per heavy atom. The summed E-state index contributed by atoms with van der Waals surface area (Å²) in [5.74, 6) is 0.319. The second-order valence-corrected chi connectivity index (χ2v) is 7.24. The molecule has 0 N–H and O–H groups in total. The van der Waals surface area contributed by atoms with Crippen molar-refractivity contribution >= 4 is 10.1 Å². The first-order valence-electron chi connectivity index (χ1n) is 7.46. The van der Waals surface area contributed by atoms with E-state index in [-0.39, 0.29) is 34.5 Å². The van der Waals surface area contributed by atoms with Gasteiger partial charge in [-0.2, -0.15) is 0 Å². The van der Waals surface area contributed by atoms with Gasteiger partial charge < -0.3 is 4.55 Å². The molecule has 5 heteroatoms. The van der Waals surface area contributed by atoms with Crippen LogP contribution in [0.5, 0.6) is 0 Å². The number of fused-ring (bicyclic) bond motifs is 1. The van der Waals surface area contributed by atoms with Gasteiger partial charge in [-0.3, -0.25) is 0 Å². The molecule has 0 radical (unpaired) electrons. The first-order valence-corrected chi connectivity index (χ1v) is 8.87. The van der Waals surface area contributed by atoms with Crippen molar-refractivity contribution in [3.05, 3.63) is 66.2 Å². The Hall–Kier alpha value is -1.17. The predicted octanol–water partition coefficient (Wildman–Crippen LogP) is 1.49. The number of hydrogen-bond donors (Lipinski definition) is 0. The molecule has 0 fully saturated rings. The molecule has 0 bridgehead atoms. The van der Waals surface area contributed by atoms with Gasteiger partial charge in [-0.05, 0) is 39.8 Å². The molecular formula is C19H17NaO3S. The van der Waals surface area contributed by atoms with Crippen LogP contribution in [0.4, 0.5) is 0 Å². The molecule has 1 aromatic rings. The van der Waals surface area contributed by atoms with Crippen LogP contribution in [0.2, 0.25) is 0 Å². The van der Waals surface area contributed by atoms with Crippen LogP contribution in [-0.2, 0) is 10.1 Å². The van der Waals surface area contributed by atoms with Gasteiger partial charge in [0.2, 0.25) is 0 Å². The summed E-state index contributed by atoms with van der Waals surface area (Å²) in [5.41, 5.74) is 4.00. The van der Waals surface area contributed by atoms with Crippen LogP contribution in [0.3, 0.4) is 0 Å². The summed E-state index contributed by atoms with van der Waals surface area (Å²) in [6, 6.07) is 18.5. The molecule has 0 atom stereocenters. The molecule has 24 heavy (non-hydrogen) atoms. The predicted molar refractivity (Wildman–Crippen MR) is 90.6 cm³/mol. The summed E-state index contributed by atoms with van der Waals surface area (Å²) >= 11 is 0. The summed E-state index contributed by atoms with van der Waals surface area (Å²) < 4.78 is 35.0. The van der Waals surface area contributed by atoms with Crippen LogP contribution < -0.4 is 29.6 Å². The van der Waals surface area contributed by atoms with Gasteiger partial charge in [0, 0.05) is 0 Å². The third-order valence-corrected chi connectivity index (χ3v) is 4.90. The van der Waals surface area contributed by atoms with E-state index in [9.17, 15) is 13.0 Å². The molecule has 0 spiro atoms. The average Bonchev–Trinajstić information content (AvgIpc) is 2.73. The molecule has 0 aliphatic heterocycles. The van der Waals surface area contributed by atoms with Crippen molar-refractivity contribution < 1.29 is 42.5 Å². The third kappa shape index (κ3) is 3.73. The first kappa shape index (κ1) is 19.2. The Morgan fingerprint density at radius 1 is 0.833 bits per heavy atom. The average molecular weight is 348 g/mol. The van der Waals surface area contributed by atoms with E-state index in [0.717, 1.165) is 22.3 Å². The van der Waals surface area contributed by atoms with E-state index in [0.29, 0.717) is 11.5 Å². The smallest absolute Gasteiger partial charge is 0.744 e. The number of benzene rings is 1. The number of hydrogen-bond acceptors (Lipinski definition) is 3. The second-order valence-electron chi connectivity index (χ2n) is 5.89. The molecule has 118 valence electrons. The quantitative estimate of drug-likeness (QED) is 0.532. The molecule has 1 aromatic carbocycles. The van der Waals surface area contributed by atoms with Gasteiger partial charge in [0.05, 0.1) is 4.90 Å². The Bertz CT molecular complexity index is 919. The normalized spacial score (nSPS) is 11.5. The van der Waals surface area contributed by atoms with E-state index < -0.39 is 10.1 Å². The van der Waals surface area contributed by atoms with Gasteiger partial charge in [0.1, 0.15) is 10.1 Å². The minimum atomic E-state index is -4.53. The molecule has 3 nitrogen and oxygen atoms in total. The van der Waals surface area contributed by atoms with Crippen LogP contribution in [0, 0.1) is 0 Å². The van der Waals surface area contributed by atoms with E-state index >= 15 is 0 Å². The topological polar surface area (TPSA) is 57.2 Å². The monoisotopic (exact) mass is 348 g/mol. The fourth-order valence-corrected chi connectivity index (χ4v) is 3.49. The maximum absolute atomic E-state index is 11.7. The Balaban J connectivity index is 0.00000208. The molecular weight excluding hydrogens is 331 g/mol. The largest absolute Gasteiger partial charge is 1.00 e. The van der Waals surface area contributed by atoms with Crippen molar-refractivity contribution in [2.24, 2.45) is 0 Å². The van der Waals surface area contributed by atoms with Gasteiger partial charge in [-0.15, -0.1) is 0 Å². The molecule has 0 aromatic heterocycles. The zero-order valence-electron chi connectivity index (χ0n) is 14.0. The van der Waals surface area contributed by atoms with Crippen molar-refractivity contribution in [3.63, 3.8) is 0 Å². The van der Waals surface area contributed by atoms with Gasteiger partial charge in [0.15, 0.2) is 0 Å². The molecule has 0 heterocycles. The SMILES string of the molecule is CC(C)c1ccc2c(-c3ccccc3)cc(S(=O)(=O)[O-])c-2cc1.[Na+]. The van der Waals surface area contributed by atoms with E-state index in [4.69, 9.17) is 0 Å². The maximum atomic E-state index is 11.7. The fourth-order valence-electron chi connectivity index (χ4n) is 2.78. The van der Waals surface area contributed by atoms with Crippen molar-refractivity contribution in [2.45, 2.75) is 24.7 Å². The van der Waals surface area contributed by atoms with Crippen molar-refractivity contribution in [1.29, 1.82) is 0 Å². The van der Waals surface area contributed by atoms with Crippen LogP contribution in [0.1, 0.15) is 25.3 Å². The molecule has 2 aliphatic carbocycles. The maximum Gasteiger partial charge on any atom is 1.00 e. The Kier molecular flexibility index (Phi) is 5.89. The summed E-state index contributed by atoms with van der Waals surface area (Å²) in [4.78, 5) is -0.155. The molecule has 0 saturated heterocycles. The van der Waals surface area contributed by atoms with Crippen molar-refractivity contribution in [1.82, 2.24) is 0 Å². The fraction of sp³-hybridized carbons (Fsp3) is 0.158. The number of rotatable bonds is 3. The zero-order valence-corrected chi connectivity index (χ0v) is 16.8. The van der Waals surface area contributed by atoms with E-state index in [1.807, 2.05) is 48.5 Å². The van der Waals surface area contributed by atoms with E-state index in [2.05, 4.69) is 13.8 Å². The molecule has 0 saturated carbocycles. The van der Waals surface area contributed by atoms with Gasteiger partial charge >= 0.3 is 29.6 Å². The van der Waals surface area contributed by atoms with E-state index in [1.54, 1.807) is 6.07 Å². The van der Waals surface area contributed by atoms with Crippen LogP contribution in [-0.4, -0.2) is 13.0 Å². The zero-order chi connectivity index (χ0) is 16.6. The van der Waals surface area contributed by atoms with Crippen molar-refractivity contribution in [2.75, 3.05) is 0 Å². The Morgan fingerprint density at radius 2 is 1.42 bits per heavy atom. The van der Waals surface area contributed by atoms with Crippen LogP contribution >= 0.6 is 0 Å². The molecule has 2 aliphatic rings. The van der Waals surface area contributed by atoms with Gasteiger partial charge in [0.25, 0.3) is 0 Å². The van der Waals surface area contributed by atoms with Gasteiger partial charge in [-0.25, -0.2) is 8.42 Å². The van der Waals surface area contributed by atoms with E-state index in [1.165, 1.54) is 6.07 Å². The summed E-state index contributed by atoms with van der Waals surface area (Å²) in [5, 5.41) is 0. The summed E-state index contributed by atoms with van der Waals surface area (Å²) in [7, 11) is -4.53. The summed E-state index contributed by atoms with van der Waals surface area (Å²) in [6.07, 6.45) is 0. The van der Waals surface area contributed by atoms with Crippen LogP contribution in [0.25, 0.3) is 22.3 Å². The summed E-state index contributed by atoms with van der Waals surface area (Å²) in [6.45, 7) is 4.15. The van der Waals surface area contributed by atoms with Crippen LogP contribution in [0.15, 0.2) is 65.6 Å². The van der Waals surface area contributed by atoms with Gasteiger partial charge in [-0.1, -0.05) is 68.4 Å². The minimum absolute atomic E-state index is 0. The minimum Gasteiger partial charge on any atom is -0.744 e.